The highest BCUT2D eigenvalue weighted by atomic mass is 35.5. The quantitative estimate of drug-likeness (QED) is 0.586. The van der Waals surface area contributed by atoms with Crippen molar-refractivity contribution in [1.82, 2.24) is 15.5 Å². The van der Waals surface area contributed by atoms with Crippen LogP contribution in [0.25, 0.3) is 0 Å². The lowest BCUT2D eigenvalue weighted by Crippen LogP contribution is -2.49. The first-order valence-electron chi connectivity index (χ1n) is 10.0. The Morgan fingerprint density at radius 2 is 1.93 bits per heavy atom. The standard InChI is InChI=1S/C21H31Cl2N3O2S/c1-14-10-15(2)13-26(12-14)8-7-24-21(28)19(6-9-29-3)25-20(27)17-5-4-16(22)11-18(17)23/h4-5,11,14-15,19H,6-10,12-13H2,1-3H3,(H,24,28)(H,25,27). The van der Waals surface area contributed by atoms with Crippen LogP contribution < -0.4 is 10.6 Å². The average molecular weight is 460 g/mol. The molecule has 1 heterocycles. The molecule has 1 aliphatic heterocycles. The van der Waals surface area contributed by atoms with Crippen LogP contribution in [0.2, 0.25) is 10.0 Å². The maximum absolute atomic E-state index is 12.7. The van der Waals surface area contributed by atoms with E-state index in [0.29, 0.717) is 35.4 Å². The van der Waals surface area contributed by atoms with Crippen LogP contribution in [0.3, 0.4) is 0 Å². The number of piperidine rings is 1. The van der Waals surface area contributed by atoms with Crippen molar-refractivity contribution in [3.05, 3.63) is 33.8 Å². The van der Waals surface area contributed by atoms with Gasteiger partial charge in [-0.2, -0.15) is 11.8 Å². The number of rotatable bonds is 9. The maximum atomic E-state index is 12.7. The summed E-state index contributed by atoms with van der Waals surface area (Å²) in [6.45, 7) is 8.09. The van der Waals surface area contributed by atoms with Crippen LogP contribution >= 0.6 is 35.0 Å². The van der Waals surface area contributed by atoms with Crippen LogP contribution in [-0.2, 0) is 4.79 Å². The van der Waals surface area contributed by atoms with Gasteiger partial charge in [-0.05, 0) is 54.9 Å². The average Bonchev–Trinajstić information content (AvgIpc) is 2.64. The molecule has 0 bridgehead atoms. The fourth-order valence-electron chi connectivity index (χ4n) is 3.85. The molecule has 0 spiro atoms. The van der Waals surface area contributed by atoms with Gasteiger partial charge in [-0.15, -0.1) is 0 Å². The van der Waals surface area contributed by atoms with Gasteiger partial charge in [0, 0.05) is 31.2 Å². The summed E-state index contributed by atoms with van der Waals surface area (Å²) >= 11 is 13.7. The number of halogens is 2. The van der Waals surface area contributed by atoms with E-state index in [1.54, 1.807) is 23.9 Å². The minimum atomic E-state index is -0.596. The van der Waals surface area contributed by atoms with Crippen LogP contribution in [0.1, 0.15) is 37.0 Å². The molecule has 29 heavy (non-hydrogen) atoms. The molecule has 2 N–H and O–H groups in total. The zero-order chi connectivity index (χ0) is 21.4. The molecule has 1 aliphatic rings. The zero-order valence-corrected chi connectivity index (χ0v) is 19.7. The molecule has 0 aromatic heterocycles. The van der Waals surface area contributed by atoms with E-state index < -0.39 is 6.04 Å². The van der Waals surface area contributed by atoms with Gasteiger partial charge in [-0.1, -0.05) is 37.0 Å². The van der Waals surface area contributed by atoms with Gasteiger partial charge in [-0.3, -0.25) is 9.59 Å². The van der Waals surface area contributed by atoms with Crippen LogP contribution in [0.4, 0.5) is 0 Å². The summed E-state index contributed by atoms with van der Waals surface area (Å²) in [5.74, 6) is 1.62. The SMILES string of the molecule is CSCCC(NC(=O)c1ccc(Cl)cc1Cl)C(=O)NCCN1CC(C)CC(C)C1. The second-order valence-corrected chi connectivity index (χ2v) is 9.76. The van der Waals surface area contributed by atoms with Crippen molar-refractivity contribution in [2.75, 3.05) is 38.2 Å². The van der Waals surface area contributed by atoms with Gasteiger partial charge in [0.1, 0.15) is 6.04 Å². The number of thioether (sulfide) groups is 1. The number of benzene rings is 1. The zero-order valence-electron chi connectivity index (χ0n) is 17.3. The van der Waals surface area contributed by atoms with Gasteiger partial charge < -0.3 is 15.5 Å². The lowest BCUT2D eigenvalue weighted by atomic mass is 9.92. The van der Waals surface area contributed by atoms with Gasteiger partial charge in [0.15, 0.2) is 0 Å². The van der Waals surface area contributed by atoms with Crippen LogP contribution in [0, 0.1) is 11.8 Å². The van der Waals surface area contributed by atoms with E-state index in [1.807, 2.05) is 6.26 Å². The molecule has 2 rings (SSSR count). The van der Waals surface area contributed by atoms with Crippen molar-refractivity contribution in [2.45, 2.75) is 32.7 Å². The summed E-state index contributed by atoms with van der Waals surface area (Å²) in [4.78, 5) is 27.7. The van der Waals surface area contributed by atoms with Gasteiger partial charge in [0.25, 0.3) is 5.91 Å². The summed E-state index contributed by atoms with van der Waals surface area (Å²) in [7, 11) is 0. The van der Waals surface area contributed by atoms with Gasteiger partial charge >= 0.3 is 0 Å². The topological polar surface area (TPSA) is 61.4 Å². The van der Waals surface area contributed by atoms with E-state index in [-0.39, 0.29) is 16.8 Å². The Kier molecular flexibility index (Phi) is 10.1. The van der Waals surface area contributed by atoms with E-state index in [1.165, 1.54) is 12.5 Å². The Morgan fingerprint density at radius 1 is 1.24 bits per heavy atom. The second kappa shape index (κ2) is 12.0. The molecule has 5 nitrogen and oxygen atoms in total. The van der Waals surface area contributed by atoms with E-state index in [2.05, 4.69) is 29.4 Å². The first kappa shape index (κ1) is 24.3. The number of nitrogens with zero attached hydrogens (tertiary/aromatic N) is 1. The van der Waals surface area contributed by atoms with Gasteiger partial charge in [0.2, 0.25) is 5.91 Å². The largest absolute Gasteiger partial charge is 0.353 e. The molecule has 0 saturated carbocycles. The highest BCUT2D eigenvalue weighted by molar-refractivity contribution is 7.98. The fraction of sp³-hybridized carbons (Fsp3) is 0.619. The highest BCUT2D eigenvalue weighted by Crippen LogP contribution is 2.21. The van der Waals surface area contributed by atoms with E-state index in [0.717, 1.165) is 25.4 Å². The summed E-state index contributed by atoms with van der Waals surface area (Å²) in [5.41, 5.74) is 0.314. The number of hydrogen-bond donors (Lipinski definition) is 2. The lowest BCUT2D eigenvalue weighted by Gasteiger charge is -2.35. The number of amides is 2. The number of carbonyl (C=O) groups is 2. The minimum absolute atomic E-state index is 0.157. The molecule has 162 valence electrons. The Bertz CT molecular complexity index is 695. The molecule has 1 saturated heterocycles. The third-order valence-corrected chi connectivity index (χ3v) is 6.27. The summed E-state index contributed by atoms with van der Waals surface area (Å²) in [6.07, 6.45) is 3.80. The molecule has 8 heteroatoms. The number of likely N-dealkylation sites (tertiary alicyclic amines) is 1. The number of hydrogen-bond acceptors (Lipinski definition) is 4. The van der Waals surface area contributed by atoms with Crippen molar-refractivity contribution >= 4 is 46.8 Å². The van der Waals surface area contributed by atoms with Crippen molar-refractivity contribution in [1.29, 1.82) is 0 Å². The molecule has 1 fully saturated rings. The maximum Gasteiger partial charge on any atom is 0.253 e. The molecule has 3 unspecified atom stereocenters. The first-order chi connectivity index (χ1) is 13.8. The van der Waals surface area contributed by atoms with Crippen molar-refractivity contribution in [2.24, 2.45) is 11.8 Å². The van der Waals surface area contributed by atoms with E-state index in [9.17, 15) is 9.59 Å². The van der Waals surface area contributed by atoms with Crippen LogP contribution in [-0.4, -0.2) is 60.9 Å². The third-order valence-electron chi connectivity index (χ3n) is 5.08. The Hall–Kier alpha value is -0.950. The molecule has 1 aromatic rings. The van der Waals surface area contributed by atoms with Crippen LogP contribution in [0.15, 0.2) is 18.2 Å². The lowest BCUT2D eigenvalue weighted by molar-refractivity contribution is -0.123. The summed E-state index contributed by atoms with van der Waals surface area (Å²) < 4.78 is 0. The van der Waals surface area contributed by atoms with Crippen molar-refractivity contribution in [3.63, 3.8) is 0 Å². The molecule has 2 amide bonds. The molecule has 3 atom stereocenters. The predicted octanol–water partition coefficient (Wildman–Crippen LogP) is 3.94. The monoisotopic (exact) mass is 459 g/mol. The van der Waals surface area contributed by atoms with E-state index >= 15 is 0 Å². The fourth-order valence-corrected chi connectivity index (χ4v) is 4.81. The molecular formula is C21H31Cl2N3O2S. The predicted molar refractivity (Wildman–Crippen MR) is 123 cm³/mol. The molecule has 1 aromatic carbocycles. The molecule has 0 radical (unpaired) electrons. The Morgan fingerprint density at radius 3 is 2.55 bits per heavy atom. The minimum Gasteiger partial charge on any atom is -0.353 e. The first-order valence-corrected chi connectivity index (χ1v) is 12.2. The molecular weight excluding hydrogens is 429 g/mol. The van der Waals surface area contributed by atoms with Crippen LogP contribution in [0.5, 0.6) is 0 Å². The molecule has 0 aliphatic carbocycles. The van der Waals surface area contributed by atoms with Gasteiger partial charge in [0.05, 0.1) is 10.6 Å². The Labute approximate surface area is 188 Å². The Balaban J connectivity index is 1.90. The van der Waals surface area contributed by atoms with Crippen molar-refractivity contribution < 1.29 is 9.59 Å². The number of nitrogens with one attached hydrogen (secondary N) is 2. The van der Waals surface area contributed by atoms with Crippen molar-refractivity contribution in [3.8, 4) is 0 Å². The second-order valence-electron chi connectivity index (χ2n) is 7.93. The highest BCUT2D eigenvalue weighted by Gasteiger charge is 2.24. The summed E-state index contributed by atoms with van der Waals surface area (Å²) in [5, 5.41) is 6.55. The normalized spacial score (nSPS) is 20.9. The summed E-state index contributed by atoms with van der Waals surface area (Å²) in [6, 6.07) is 4.11. The van der Waals surface area contributed by atoms with E-state index in [4.69, 9.17) is 23.2 Å². The third kappa shape index (κ3) is 8.00. The number of carbonyl (C=O) groups excluding carboxylic acids is 2. The van der Waals surface area contributed by atoms with Gasteiger partial charge in [-0.25, -0.2) is 0 Å². The smallest absolute Gasteiger partial charge is 0.253 e.